The summed E-state index contributed by atoms with van der Waals surface area (Å²) in [5.41, 5.74) is 1.99. The van der Waals surface area contributed by atoms with Crippen LogP contribution in [0.3, 0.4) is 0 Å². The maximum atomic E-state index is 13.6. The van der Waals surface area contributed by atoms with E-state index < -0.39 is 17.8 Å². The average molecular weight is 351 g/mol. The smallest absolute Gasteiger partial charge is 0.288 e. The lowest BCUT2D eigenvalue weighted by Gasteiger charge is -2.20. The molecule has 5 heteroatoms. The van der Waals surface area contributed by atoms with Crippen LogP contribution in [0.5, 0.6) is 0 Å². The fraction of sp³-hybridized carbons (Fsp3) is 0.238. The quantitative estimate of drug-likeness (QED) is 0.719. The number of hydrogen-bond donors (Lipinski definition) is 1. The van der Waals surface area contributed by atoms with Gasteiger partial charge in [-0.3, -0.25) is 9.59 Å². The van der Waals surface area contributed by atoms with E-state index in [1.54, 1.807) is 0 Å². The molecule has 0 saturated heterocycles. The van der Waals surface area contributed by atoms with Crippen LogP contribution in [0.1, 0.15) is 54.1 Å². The third kappa shape index (κ3) is 2.51. The first-order chi connectivity index (χ1) is 12.3. The second-order valence-electron chi connectivity index (χ2n) is 7.59. The molecule has 26 heavy (non-hydrogen) atoms. The van der Waals surface area contributed by atoms with E-state index in [1.807, 2.05) is 24.3 Å². The van der Waals surface area contributed by atoms with E-state index in [0.29, 0.717) is 0 Å². The van der Waals surface area contributed by atoms with Crippen molar-refractivity contribution in [3.05, 3.63) is 81.0 Å². The van der Waals surface area contributed by atoms with Gasteiger partial charge in [0.25, 0.3) is 5.91 Å². The first-order valence-corrected chi connectivity index (χ1v) is 8.43. The predicted octanol–water partition coefficient (Wildman–Crippen LogP) is 4.06. The molecule has 0 aliphatic carbocycles. The standard InChI is InChI=1S/C21H18FNO3/c1-21(2,3)12-6-4-11(5-7-12)17-16-18(24)14-10-13(22)8-9-15(14)26-19(16)20(25)23-17/h4-10,17H,1-3H3,(H,23,25). The van der Waals surface area contributed by atoms with Gasteiger partial charge in [-0.1, -0.05) is 45.0 Å². The van der Waals surface area contributed by atoms with Gasteiger partial charge in [0, 0.05) is 0 Å². The van der Waals surface area contributed by atoms with E-state index in [2.05, 4.69) is 26.1 Å². The molecular weight excluding hydrogens is 333 g/mol. The number of amides is 1. The van der Waals surface area contributed by atoms with E-state index in [4.69, 9.17) is 4.42 Å². The maximum Gasteiger partial charge on any atom is 0.288 e. The summed E-state index contributed by atoms with van der Waals surface area (Å²) in [6, 6.07) is 10.9. The lowest BCUT2D eigenvalue weighted by molar-refractivity contribution is 0.0938. The molecule has 1 amide bonds. The van der Waals surface area contributed by atoms with E-state index in [0.717, 1.165) is 17.2 Å². The number of rotatable bonds is 1. The minimum absolute atomic E-state index is 0.000920. The molecule has 0 saturated carbocycles. The molecule has 1 aliphatic heterocycles. The van der Waals surface area contributed by atoms with Gasteiger partial charge in [-0.05, 0) is 34.7 Å². The third-order valence-electron chi connectivity index (χ3n) is 4.77. The van der Waals surface area contributed by atoms with Crippen LogP contribution in [0, 0.1) is 5.82 Å². The van der Waals surface area contributed by atoms with Gasteiger partial charge in [-0.25, -0.2) is 4.39 Å². The van der Waals surface area contributed by atoms with Crippen molar-refractivity contribution in [2.24, 2.45) is 0 Å². The summed E-state index contributed by atoms with van der Waals surface area (Å²) in [5.74, 6) is -0.958. The van der Waals surface area contributed by atoms with Crippen molar-refractivity contribution in [3.63, 3.8) is 0 Å². The summed E-state index contributed by atoms with van der Waals surface area (Å²) >= 11 is 0. The SMILES string of the molecule is CC(C)(C)c1ccc(C2NC(=O)c3oc4ccc(F)cc4c(=O)c32)cc1. The molecule has 0 fully saturated rings. The zero-order valence-corrected chi connectivity index (χ0v) is 14.7. The second-order valence-corrected chi connectivity index (χ2v) is 7.59. The van der Waals surface area contributed by atoms with Crippen molar-refractivity contribution >= 4 is 16.9 Å². The lowest BCUT2D eigenvalue weighted by Crippen LogP contribution is -2.22. The van der Waals surface area contributed by atoms with Crippen LogP contribution in [-0.2, 0) is 5.41 Å². The first-order valence-electron chi connectivity index (χ1n) is 8.43. The Balaban J connectivity index is 1.88. The Morgan fingerprint density at radius 1 is 1.04 bits per heavy atom. The molecule has 3 aromatic rings. The van der Waals surface area contributed by atoms with Gasteiger partial charge in [0.2, 0.25) is 5.76 Å². The Kier molecular flexibility index (Phi) is 3.51. The molecule has 2 aromatic carbocycles. The zero-order valence-electron chi connectivity index (χ0n) is 14.7. The van der Waals surface area contributed by atoms with Gasteiger partial charge in [0.05, 0.1) is 17.0 Å². The second kappa shape index (κ2) is 5.53. The molecule has 2 heterocycles. The molecule has 0 radical (unpaired) electrons. The van der Waals surface area contributed by atoms with Crippen molar-refractivity contribution in [3.8, 4) is 0 Å². The number of carbonyl (C=O) groups excluding carboxylic acids is 1. The number of nitrogens with one attached hydrogen (secondary N) is 1. The van der Waals surface area contributed by atoms with Crippen molar-refractivity contribution in [2.45, 2.75) is 32.2 Å². The van der Waals surface area contributed by atoms with Crippen LogP contribution >= 0.6 is 0 Å². The third-order valence-corrected chi connectivity index (χ3v) is 4.77. The molecule has 4 nitrogen and oxygen atoms in total. The average Bonchev–Trinajstić information content (AvgIpc) is 2.92. The predicted molar refractivity (Wildman–Crippen MR) is 96.9 cm³/mol. The topological polar surface area (TPSA) is 59.3 Å². The minimum atomic E-state index is -0.601. The number of halogens is 1. The van der Waals surface area contributed by atoms with Gasteiger partial charge in [-0.2, -0.15) is 0 Å². The summed E-state index contributed by atoms with van der Waals surface area (Å²) in [6.45, 7) is 6.35. The highest BCUT2D eigenvalue weighted by Gasteiger charge is 2.36. The summed E-state index contributed by atoms with van der Waals surface area (Å²) in [5, 5.41) is 2.93. The summed E-state index contributed by atoms with van der Waals surface area (Å²) in [6.07, 6.45) is 0. The van der Waals surface area contributed by atoms with Crippen molar-refractivity contribution in [1.29, 1.82) is 0 Å². The molecule has 1 aliphatic rings. The summed E-state index contributed by atoms with van der Waals surface area (Å²) in [4.78, 5) is 25.2. The van der Waals surface area contributed by atoms with Crippen LogP contribution in [0.25, 0.3) is 11.0 Å². The Morgan fingerprint density at radius 3 is 2.38 bits per heavy atom. The van der Waals surface area contributed by atoms with Gasteiger partial charge in [-0.15, -0.1) is 0 Å². The molecule has 0 spiro atoms. The molecule has 132 valence electrons. The molecule has 1 unspecified atom stereocenters. The molecule has 1 aromatic heterocycles. The van der Waals surface area contributed by atoms with Gasteiger partial charge in [0.1, 0.15) is 11.4 Å². The lowest BCUT2D eigenvalue weighted by atomic mass is 9.86. The Labute approximate surface area is 149 Å². The Hall–Kier alpha value is -2.95. The minimum Gasteiger partial charge on any atom is -0.450 e. The number of hydrogen-bond acceptors (Lipinski definition) is 3. The van der Waals surface area contributed by atoms with Crippen LogP contribution in [-0.4, -0.2) is 5.91 Å². The van der Waals surface area contributed by atoms with Crippen LogP contribution in [0.2, 0.25) is 0 Å². The van der Waals surface area contributed by atoms with E-state index >= 15 is 0 Å². The van der Waals surface area contributed by atoms with Gasteiger partial charge >= 0.3 is 0 Å². The fourth-order valence-electron chi connectivity index (χ4n) is 3.31. The summed E-state index contributed by atoms with van der Waals surface area (Å²) < 4.78 is 19.2. The van der Waals surface area contributed by atoms with Crippen LogP contribution in [0.15, 0.2) is 51.7 Å². The van der Waals surface area contributed by atoms with Crippen molar-refractivity contribution in [1.82, 2.24) is 5.32 Å². The number of fused-ring (bicyclic) bond motifs is 2. The van der Waals surface area contributed by atoms with Crippen molar-refractivity contribution in [2.75, 3.05) is 0 Å². The van der Waals surface area contributed by atoms with E-state index in [1.165, 1.54) is 12.1 Å². The normalized spacial score (nSPS) is 16.6. The summed E-state index contributed by atoms with van der Waals surface area (Å²) in [7, 11) is 0. The zero-order chi connectivity index (χ0) is 18.6. The first kappa shape index (κ1) is 16.5. The van der Waals surface area contributed by atoms with Gasteiger partial charge < -0.3 is 9.73 Å². The Bertz CT molecular complexity index is 1090. The monoisotopic (exact) mass is 351 g/mol. The van der Waals surface area contributed by atoms with Gasteiger partial charge in [0.15, 0.2) is 5.43 Å². The molecular formula is C21H18FNO3. The van der Waals surface area contributed by atoms with Crippen LogP contribution in [0.4, 0.5) is 4.39 Å². The van der Waals surface area contributed by atoms with Crippen molar-refractivity contribution < 1.29 is 13.6 Å². The van der Waals surface area contributed by atoms with E-state index in [9.17, 15) is 14.0 Å². The van der Waals surface area contributed by atoms with E-state index in [-0.39, 0.29) is 33.1 Å². The molecule has 1 N–H and O–H groups in total. The Morgan fingerprint density at radius 2 is 1.73 bits per heavy atom. The fourth-order valence-corrected chi connectivity index (χ4v) is 3.31. The molecule has 0 bridgehead atoms. The highest BCUT2D eigenvalue weighted by molar-refractivity contribution is 5.98. The highest BCUT2D eigenvalue weighted by Crippen LogP contribution is 2.32. The molecule has 4 rings (SSSR count). The molecule has 1 atom stereocenters. The largest absolute Gasteiger partial charge is 0.450 e. The van der Waals surface area contributed by atoms with Crippen LogP contribution < -0.4 is 10.7 Å². The number of carbonyl (C=O) groups is 1. The number of benzene rings is 2. The maximum absolute atomic E-state index is 13.6. The highest BCUT2D eigenvalue weighted by atomic mass is 19.1.